The normalized spacial score (nSPS) is 13.4. The SMILES string of the molecule is N[C@@H](CS)C(=O)CO. The van der Waals surface area contributed by atoms with Crippen LogP contribution in [0.2, 0.25) is 0 Å². The van der Waals surface area contributed by atoms with Crippen LogP contribution in [-0.2, 0) is 4.79 Å². The number of aliphatic hydroxyl groups is 1. The molecule has 0 spiro atoms. The Morgan fingerprint density at radius 3 is 2.50 bits per heavy atom. The molecule has 0 aromatic rings. The van der Waals surface area contributed by atoms with Crippen molar-refractivity contribution >= 4 is 18.4 Å². The molecule has 3 N–H and O–H groups in total. The van der Waals surface area contributed by atoms with E-state index in [1.807, 2.05) is 0 Å². The molecular formula is C4H9NO2S. The molecule has 0 saturated heterocycles. The molecule has 1 atom stereocenters. The number of nitrogens with two attached hydrogens (primary N) is 1. The van der Waals surface area contributed by atoms with Crippen LogP contribution in [0.4, 0.5) is 0 Å². The molecule has 4 heteroatoms. The van der Waals surface area contributed by atoms with Gasteiger partial charge in [0.15, 0.2) is 5.78 Å². The van der Waals surface area contributed by atoms with E-state index < -0.39 is 12.6 Å². The van der Waals surface area contributed by atoms with E-state index in [2.05, 4.69) is 12.6 Å². The quantitative estimate of drug-likeness (QED) is 0.426. The van der Waals surface area contributed by atoms with E-state index in [1.165, 1.54) is 0 Å². The summed E-state index contributed by atoms with van der Waals surface area (Å²) in [5.41, 5.74) is 5.14. The van der Waals surface area contributed by atoms with Crippen LogP contribution < -0.4 is 5.73 Å². The standard InChI is InChI=1S/C4H9NO2S/c5-3(2-8)4(7)1-6/h3,6,8H,1-2,5H2/t3-/m0/s1. The van der Waals surface area contributed by atoms with Crippen molar-refractivity contribution in [2.45, 2.75) is 6.04 Å². The Labute approximate surface area is 53.3 Å². The second kappa shape index (κ2) is 3.88. The van der Waals surface area contributed by atoms with Gasteiger partial charge in [-0.05, 0) is 0 Å². The van der Waals surface area contributed by atoms with E-state index in [1.54, 1.807) is 0 Å². The third kappa shape index (κ3) is 2.30. The Bertz CT molecular complexity index is 86.1. The summed E-state index contributed by atoms with van der Waals surface area (Å²) in [6, 6.07) is -0.608. The number of hydrogen-bond acceptors (Lipinski definition) is 4. The highest BCUT2D eigenvalue weighted by Gasteiger charge is 2.07. The summed E-state index contributed by atoms with van der Waals surface area (Å²) in [6.45, 7) is -0.484. The fourth-order valence-electron chi connectivity index (χ4n) is 0.219. The monoisotopic (exact) mass is 135 g/mol. The van der Waals surface area contributed by atoms with Gasteiger partial charge in [-0.3, -0.25) is 4.79 Å². The predicted octanol–water partition coefficient (Wildman–Crippen LogP) is -1.20. The molecule has 0 aromatic carbocycles. The molecule has 8 heavy (non-hydrogen) atoms. The van der Waals surface area contributed by atoms with Crippen molar-refractivity contribution in [1.29, 1.82) is 0 Å². The number of carbonyl (C=O) groups is 1. The average Bonchev–Trinajstić information content (AvgIpc) is 1.84. The van der Waals surface area contributed by atoms with Crippen molar-refractivity contribution < 1.29 is 9.90 Å². The Kier molecular flexibility index (Phi) is 3.85. The van der Waals surface area contributed by atoms with E-state index in [9.17, 15) is 4.79 Å². The summed E-state index contributed by atoms with van der Waals surface area (Å²) in [6.07, 6.45) is 0. The molecule has 0 aromatic heterocycles. The predicted molar refractivity (Wildman–Crippen MR) is 33.9 cm³/mol. The smallest absolute Gasteiger partial charge is 0.175 e. The number of thiol groups is 1. The highest BCUT2D eigenvalue weighted by molar-refractivity contribution is 7.80. The lowest BCUT2D eigenvalue weighted by molar-refractivity contribution is -0.122. The van der Waals surface area contributed by atoms with Gasteiger partial charge in [-0.2, -0.15) is 12.6 Å². The minimum Gasteiger partial charge on any atom is -0.389 e. The van der Waals surface area contributed by atoms with Crippen molar-refractivity contribution in [3.05, 3.63) is 0 Å². The fourth-order valence-corrected chi connectivity index (χ4v) is 0.423. The van der Waals surface area contributed by atoms with Crippen LogP contribution in [0.1, 0.15) is 0 Å². The molecule has 48 valence electrons. The largest absolute Gasteiger partial charge is 0.389 e. The van der Waals surface area contributed by atoms with Crippen LogP contribution >= 0.6 is 12.6 Å². The maximum absolute atomic E-state index is 10.3. The maximum Gasteiger partial charge on any atom is 0.175 e. The fraction of sp³-hybridized carbons (Fsp3) is 0.750. The van der Waals surface area contributed by atoms with Gasteiger partial charge < -0.3 is 10.8 Å². The van der Waals surface area contributed by atoms with E-state index >= 15 is 0 Å². The lowest BCUT2D eigenvalue weighted by Gasteiger charge is -2.01. The highest BCUT2D eigenvalue weighted by atomic mass is 32.1. The third-order valence-corrected chi connectivity index (χ3v) is 1.16. The molecule has 3 nitrogen and oxygen atoms in total. The first kappa shape index (κ1) is 7.94. The number of hydrogen-bond donors (Lipinski definition) is 3. The lowest BCUT2D eigenvalue weighted by Crippen LogP contribution is -2.34. The van der Waals surface area contributed by atoms with Crippen LogP contribution in [0.25, 0.3) is 0 Å². The molecule has 0 saturated carbocycles. The molecule has 0 radical (unpaired) electrons. The topological polar surface area (TPSA) is 63.3 Å². The van der Waals surface area contributed by atoms with Crippen LogP contribution in [0.15, 0.2) is 0 Å². The van der Waals surface area contributed by atoms with E-state index in [4.69, 9.17) is 10.8 Å². The van der Waals surface area contributed by atoms with Gasteiger partial charge in [0, 0.05) is 5.75 Å². The van der Waals surface area contributed by atoms with E-state index in [0.29, 0.717) is 5.75 Å². The zero-order valence-corrected chi connectivity index (χ0v) is 5.27. The number of rotatable bonds is 3. The molecular weight excluding hydrogens is 126 g/mol. The Morgan fingerprint density at radius 2 is 2.38 bits per heavy atom. The summed E-state index contributed by atoms with van der Waals surface area (Å²) >= 11 is 3.75. The molecule has 0 heterocycles. The van der Waals surface area contributed by atoms with Gasteiger partial charge in [0.25, 0.3) is 0 Å². The molecule has 0 aliphatic carbocycles. The summed E-state index contributed by atoms with van der Waals surface area (Å²) in [5.74, 6) is -0.0700. The Morgan fingerprint density at radius 1 is 1.88 bits per heavy atom. The van der Waals surface area contributed by atoms with E-state index in [-0.39, 0.29) is 5.78 Å². The third-order valence-electron chi connectivity index (χ3n) is 0.766. The second-order valence-electron chi connectivity index (χ2n) is 1.41. The Balaban J connectivity index is 3.46. The van der Waals surface area contributed by atoms with Crippen LogP contribution in [0.5, 0.6) is 0 Å². The van der Waals surface area contributed by atoms with Gasteiger partial charge in [-0.15, -0.1) is 0 Å². The van der Waals surface area contributed by atoms with Crippen molar-refractivity contribution in [2.24, 2.45) is 5.73 Å². The van der Waals surface area contributed by atoms with Crippen LogP contribution in [0, 0.1) is 0 Å². The van der Waals surface area contributed by atoms with Gasteiger partial charge in [0.2, 0.25) is 0 Å². The highest BCUT2D eigenvalue weighted by Crippen LogP contribution is 1.83. The molecule has 0 aliphatic heterocycles. The minimum absolute atomic E-state index is 0.291. The zero-order valence-electron chi connectivity index (χ0n) is 4.37. The summed E-state index contributed by atoms with van der Waals surface area (Å²) in [4.78, 5) is 10.3. The van der Waals surface area contributed by atoms with Crippen molar-refractivity contribution in [3.63, 3.8) is 0 Å². The molecule has 0 aliphatic rings. The summed E-state index contributed by atoms with van der Waals surface area (Å²) in [5, 5.41) is 8.17. The second-order valence-corrected chi connectivity index (χ2v) is 1.78. The first-order chi connectivity index (χ1) is 3.72. The molecule has 0 fully saturated rings. The average molecular weight is 135 g/mol. The van der Waals surface area contributed by atoms with Gasteiger partial charge in [0.05, 0.1) is 6.04 Å². The van der Waals surface area contributed by atoms with E-state index in [0.717, 1.165) is 0 Å². The van der Waals surface area contributed by atoms with Gasteiger partial charge in [0.1, 0.15) is 6.61 Å². The number of carbonyl (C=O) groups excluding carboxylic acids is 1. The molecule has 0 rings (SSSR count). The molecule has 0 amide bonds. The number of ketones is 1. The lowest BCUT2D eigenvalue weighted by atomic mass is 10.2. The van der Waals surface area contributed by atoms with Gasteiger partial charge >= 0.3 is 0 Å². The maximum atomic E-state index is 10.3. The van der Waals surface area contributed by atoms with Crippen molar-refractivity contribution in [2.75, 3.05) is 12.4 Å². The van der Waals surface area contributed by atoms with Crippen molar-refractivity contribution in [1.82, 2.24) is 0 Å². The van der Waals surface area contributed by atoms with Crippen molar-refractivity contribution in [3.8, 4) is 0 Å². The number of aliphatic hydroxyl groups excluding tert-OH is 1. The Hall–Kier alpha value is -0.0600. The number of Topliss-reactive ketones (excluding diaryl/α,β-unsaturated/α-hetero) is 1. The first-order valence-electron chi connectivity index (χ1n) is 2.22. The van der Waals surface area contributed by atoms with Crippen LogP contribution in [0.3, 0.4) is 0 Å². The summed E-state index contributed by atoms with van der Waals surface area (Å²) in [7, 11) is 0. The molecule has 0 bridgehead atoms. The summed E-state index contributed by atoms with van der Waals surface area (Å²) < 4.78 is 0. The van der Waals surface area contributed by atoms with Gasteiger partial charge in [-0.25, -0.2) is 0 Å². The minimum atomic E-state index is -0.608. The van der Waals surface area contributed by atoms with Crippen LogP contribution in [-0.4, -0.2) is 29.3 Å². The molecule has 0 unspecified atom stereocenters. The zero-order chi connectivity index (χ0) is 6.57. The first-order valence-corrected chi connectivity index (χ1v) is 2.85. The van der Waals surface area contributed by atoms with Gasteiger partial charge in [-0.1, -0.05) is 0 Å².